The van der Waals surface area contributed by atoms with E-state index >= 15 is 0 Å². The van der Waals surface area contributed by atoms with Crippen LogP contribution in [-0.4, -0.2) is 61.5 Å². The van der Waals surface area contributed by atoms with Gasteiger partial charge in [-0.3, -0.25) is 14.6 Å². The molecule has 3 rings (SSSR count). The molecule has 0 unspecified atom stereocenters. The summed E-state index contributed by atoms with van der Waals surface area (Å²) in [5.74, 6) is -0.548. The van der Waals surface area contributed by atoms with Gasteiger partial charge in [-0.15, -0.1) is 11.3 Å². The molecule has 1 saturated heterocycles. The molecule has 0 atom stereocenters. The van der Waals surface area contributed by atoms with Gasteiger partial charge in [-0.05, 0) is 30.7 Å². The Morgan fingerprint density at radius 3 is 2.43 bits per heavy atom. The zero-order valence-corrected chi connectivity index (χ0v) is 17.6. The van der Waals surface area contributed by atoms with E-state index in [-0.39, 0.29) is 5.91 Å². The van der Waals surface area contributed by atoms with Gasteiger partial charge in [0.1, 0.15) is 5.00 Å². The first-order valence-corrected chi connectivity index (χ1v) is 10.3. The zero-order chi connectivity index (χ0) is 20.1. The Labute approximate surface area is 174 Å². The summed E-state index contributed by atoms with van der Waals surface area (Å²) in [4.78, 5) is 29.7. The van der Waals surface area contributed by atoms with Gasteiger partial charge in [0.2, 0.25) is 5.91 Å². The number of hydrogen-bond acceptors (Lipinski definition) is 6. The van der Waals surface area contributed by atoms with Gasteiger partial charge >= 0.3 is 5.97 Å². The molecule has 28 heavy (non-hydrogen) atoms. The fraction of sp³-hybridized carbons (Fsp3) is 0.400. The predicted molar refractivity (Wildman–Crippen MR) is 112 cm³/mol. The molecule has 1 aromatic heterocycles. The highest BCUT2D eigenvalue weighted by atomic mass is 35.5. The molecule has 2 aromatic rings. The third-order valence-electron chi connectivity index (χ3n) is 4.67. The van der Waals surface area contributed by atoms with E-state index in [4.69, 9.17) is 16.3 Å². The van der Waals surface area contributed by atoms with E-state index in [1.54, 1.807) is 6.07 Å². The van der Waals surface area contributed by atoms with E-state index in [9.17, 15) is 9.59 Å². The van der Waals surface area contributed by atoms with Crippen molar-refractivity contribution < 1.29 is 14.3 Å². The third kappa shape index (κ3) is 5.54. The number of anilines is 1. The number of carbonyl (C=O) groups excluding carboxylic acids is 2. The quantitative estimate of drug-likeness (QED) is 0.725. The smallest absolute Gasteiger partial charge is 0.340 e. The number of amides is 1. The molecular weight excluding hydrogens is 398 g/mol. The Balaban J connectivity index is 1.47. The standard InChI is InChI=1S/C20H24ClN3O3S/c1-14-11-17(20(26)27-2)19(28-14)22-18(25)13-24-9-7-23(8-10-24)12-15-3-5-16(21)6-4-15/h3-6,11H,7-10,12-13H2,1-2H3,(H,22,25). The molecule has 8 heteroatoms. The van der Waals surface area contributed by atoms with Crippen molar-refractivity contribution in [2.75, 3.05) is 45.2 Å². The second kappa shape index (κ2) is 9.52. The van der Waals surface area contributed by atoms with Gasteiger partial charge in [0.25, 0.3) is 0 Å². The monoisotopic (exact) mass is 421 g/mol. The van der Waals surface area contributed by atoms with Gasteiger partial charge in [-0.1, -0.05) is 23.7 Å². The van der Waals surface area contributed by atoms with Crippen LogP contribution in [0.25, 0.3) is 0 Å². The Kier molecular flexibility index (Phi) is 7.07. The van der Waals surface area contributed by atoms with Gasteiger partial charge in [-0.25, -0.2) is 4.79 Å². The van der Waals surface area contributed by atoms with Crippen LogP contribution in [0.3, 0.4) is 0 Å². The van der Waals surface area contributed by atoms with Crippen LogP contribution in [0.15, 0.2) is 30.3 Å². The maximum Gasteiger partial charge on any atom is 0.340 e. The molecule has 1 aliphatic heterocycles. The van der Waals surface area contributed by atoms with Crippen LogP contribution in [0.4, 0.5) is 5.00 Å². The third-order valence-corrected chi connectivity index (χ3v) is 5.88. The molecule has 0 spiro atoms. The average Bonchev–Trinajstić information content (AvgIpc) is 3.04. The number of carbonyl (C=O) groups is 2. The summed E-state index contributed by atoms with van der Waals surface area (Å²) in [7, 11) is 1.34. The lowest BCUT2D eigenvalue weighted by Crippen LogP contribution is -2.48. The molecular formula is C20H24ClN3O3S. The minimum atomic E-state index is -0.435. The Morgan fingerprint density at radius 2 is 1.79 bits per heavy atom. The molecule has 0 saturated carbocycles. The van der Waals surface area contributed by atoms with E-state index in [0.717, 1.165) is 42.6 Å². The Bertz CT molecular complexity index is 830. The summed E-state index contributed by atoms with van der Waals surface area (Å²) >= 11 is 7.32. The SMILES string of the molecule is COC(=O)c1cc(C)sc1NC(=O)CN1CCN(Cc2ccc(Cl)cc2)CC1. The van der Waals surface area contributed by atoms with Crippen molar-refractivity contribution in [2.24, 2.45) is 0 Å². The highest BCUT2D eigenvalue weighted by Crippen LogP contribution is 2.28. The van der Waals surface area contributed by atoms with Gasteiger partial charge in [0.15, 0.2) is 0 Å². The minimum Gasteiger partial charge on any atom is -0.465 e. The fourth-order valence-corrected chi connectivity index (χ4v) is 4.23. The first kappa shape index (κ1) is 20.8. The summed E-state index contributed by atoms with van der Waals surface area (Å²) in [5.41, 5.74) is 1.64. The number of esters is 1. The van der Waals surface area contributed by atoms with Crippen LogP contribution < -0.4 is 5.32 Å². The van der Waals surface area contributed by atoms with Crippen molar-refractivity contribution >= 4 is 39.8 Å². The second-order valence-electron chi connectivity index (χ2n) is 6.82. The highest BCUT2D eigenvalue weighted by molar-refractivity contribution is 7.16. The largest absolute Gasteiger partial charge is 0.465 e. The molecule has 1 fully saturated rings. The van der Waals surface area contributed by atoms with E-state index in [1.807, 2.05) is 31.2 Å². The summed E-state index contributed by atoms with van der Waals surface area (Å²) in [6.45, 7) is 6.55. The fourth-order valence-electron chi connectivity index (χ4n) is 3.19. The van der Waals surface area contributed by atoms with E-state index in [0.29, 0.717) is 17.1 Å². The number of aryl methyl sites for hydroxylation is 1. The number of hydrogen-bond donors (Lipinski definition) is 1. The van der Waals surface area contributed by atoms with Crippen molar-refractivity contribution in [3.63, 3.8) is 0 Å². The predicted octanol–water partition coefficient (Wildman–Crippen LogP) is 3.25. The number of ether oxygens (including phenoxy) is 1. The Hall–Kier alpha value is -1.93. The zero-order valence-electron chi connectivity index (χ0n) is 16.0. The van der Waals surface area contributed by atoms with Crippen LogP contribution in [0.5, 0.6) is 0 Å². The van der Waals surface area contributed by atoms with Crippen molar-refractivity contribution in [3.05, 3.63) is 51.4 Å². The second-order valence-corrected chi connectivity index (χ2v) is 8.51. The number of benzene rings is 1. The first-order chi connectivity index (χ1) is 13.4. The van der Waals surface area contributed by atoms with E-state index < -0.39 is 5.97 Å². The molecule has 150 valence electrons. The molecule has 1 aliphatic rings. The molecule has 0 radical (unpaired) electrons. The van der Waals surface area contributed by atoms with Crippen molar-refractivity contribution in [1.82, 2.24) is 9.80 Å². The lowest BCUT2D eigenvalue weighted by molar-refractivity contribution is -0.117. The number of rotatable bonds is 6. The number of nitrogens with zero attached hydrogens (tertiary/aromatic N) is 2. The first-order valence-electron chi connectivity index (χ1n) is 9.12. The van der Waals surface area contributed by atoms with Crippen LogP contribution in [0.2, 0.25) is 5.02 Å². The lowest BCUT2D eigenvalue weighted by Gasteiger charge is -2.34. The van der Waals surface area contributed by atoms with Crippen molar-refractivity contribution in [3.8, 4) is 0 Å². The number of thiophene rings is 1. The van der Waals surface area contributed by atoms with Gasteiger partial charge < -0.3 is 10.1 Å². The minimum absolute atomic E-state index is 0.113. The van der Waals surface area contributed by atoms with Crippen molar-refractivity contribution in [1.29, 1.82) is 0 Å². The number of halogens is 1. The highest BCUT2D eigenvalue weighted by Gasteiger charge is 2.21. The van der Waals surface area contributed by atoms with Crippen LogP contribution in [0.1, 0.15) is 20.8 Å². The molecule has 6 nitrogen and oxygen atoms in total. The topological polar surface area (TPSA) is 61.9 Å². The molecule has 2 heterocycles. The van der Waals surface area contributed by atoms with Gasteiger partial charge in [-0.2, -0.15) is 0 Å². The maximum atomic E-state index is 12.4. The number of nitrogens with one attached hydrogen (secondary N) is 1. The summed E-state index contributed by atoms with van der Waals surface area (Å²) < 4.78 is 4.78. The maximum absolute atomic E-state index is 12.4. The van der Waals surface area contributed by atoms with Crippen LogP contribution >= 0.6 is 22.9 Å². The van der Waals surface area contributed by atoms with Gasteiger partial charge in [0, 0.05) is 42.6 Å². The summed E-state index contributed by atoms with van der Waals surface area (Å²) in [6.07, 6.45) is 0. The Morgan fingerprint density at radius 1 is 1.14 bits per heavy atom. The van der Waals surface area contributed by atoms with Crippen LogP contribution in [0, 0.1) is 6.92 Å². The van der Waals surface area contributed by atoms with E-state index in [1.165, 1.54) is 24.0 Å². The van der Waals surface area contributed by atoms with E-state index in [2.05, 4.69) is 15.1 Å². The van der Waals surface area contributed by atoms with Gasteiger partial charge in [0.05, 0.1) is 19.2 Å². The summed E-state index contributed by atoms with van der Waals surface area (Å²) in [6, 6.07) is 9.65. The average molecular weight is 422 g/mol. The lowest BCUT2D eigenvalue weighted by atomic mass is 10.2. The normalized spacial score (nSPS) is 15.4. The summed E-state index contributed by atoms with van der Waals surface area (Å²) in [5, 5.41) is 4.16. The molecule has 1 amide bonds. The molecule has 0 bridgehead atoms. The number of piperazine rings is 1. The molecule has 1 aromatic carbocycles. The van der Waals surface area contributed by atoms with Crippen LogP contribution in [-0.2, 0) is 16.1 Å². The van der Waals surface area contributed by atoms with Crippen molar-refractivity contribution in [2.45, 2.75) is 13.5 Å². The number of methoxy groups -OCH3 is 1. The molecule has 1 N–H and O–H groups in total. The molecule has 0 aliphatic carbocycles.